The molecule has 1 rings (SSSR count). The number of hydrogen-bond acceptors (Lipinski definition) is 2. The van der Waals surface area contributed by atoms with E-state index in [2.05, 4.69) is 11.9 Å². The second kappa shape index (κ2) is 3.38. The summed E-state index contributed by atoms with van der Waals surface area (Å²) in [6, 6.07) is -0.271. The molecular weight excluding hydrogens is 158 g/mol. The van der Waals surface area contributed by atoms with Gasteiger partial charge in [0.25, 0.3) is 0 Å². The van der Waals surface area contributed by atoms with Crippen LogP contribution in [-0.4, -0.2) is 23.5 Å². The molecule has 4 heteroatoms. The number of carbonyl (C=O) groups excluding carboxylic acids is 1. The molecule has 1 fully saturated rings. The summed E-state index contributed by atoms with van der Waals surface area (Å²) in [7, 11) is 0. The molecule has 0 aromatic rings. The van der Waals surface area contributed by atoms with Crippen molar-refractivity contribution in [2.75, 3.05) is 0 Å². The lowest BCUT2D eigenvalue weighted by molar-refractivity contribution is -0.142. The minimum Gasteiger partial charge on any atom is -0.481 e. The smallest absolute Gasteiger partial charge is 0.308 e. The Labute approximate surface area is 70.3 Å². The minimum atomic E-state index is -0.868. The topological polar surface area (TPSA) is 66.4 Å². The van der Waals surface area contributed by atoms with Crippen LogP contribution in [0.3, 0.4) is 0 Å². The fourth-order valence-electron chi connectivity index (χ4n) is 1.51. The number of carboxylic acids is 1. The normalized spacial score (nSPS) is 28.5. The van der Waals surface area contributed by atoms with Crippen molar-refractivity contribution in [2.24, 2.45) is 5.92 Å². The van der Waals surface area contributed by atoms with Gasteiger partial charge in [-0.25, -0.2) is 0 Å². The van der Waals surface area contributed by atoms with E-state index in [9.17, 15) is 9.59 Å². The van der Waals surface area contributed by atoms with Gasteiger partial charge in [-0.15, -0.1) is 0 Å². The average molecular weight is 169 g/mol. The first-order valence-corrected chi connectivity index (χ1v) is 3.74. The molecule has 0 bridgehead atoms. The Morgan fingerprint density at radius 3 is 2.83 bits per heavy atom. The van der Waals surface area contributed by atoms with Crippen LogP contribution in [0.5, 0.6) is 0 Å². The van der Waals surface area contributed by atoms with Gasteiger partial charge in [0, 0.05) is 6.04 Å². The van der Waals surface area contributed by atoms with Gasteiger partial charge in [0.1, 0.15) is 0 Å². The Morgan fingerprint density at radius 1 is 1.67 bits per heavy atom. The molecule has 0 heterocycles. The number of hydrogen-bond donors (Lipinski definition) is 2. The molecule has 1 saturated carbocycles. The van der Waals surface area contributed by atoms with Crippen molar-refractivity contribution in [3.05, 3.63) is 12.2 Å². The van der Waals surface area contributed by atoms with E-state index in [4.69, 9.17) is 5.11 Å². The Hall–Kier alpha value is -1.32. The maximum atomic E-state index is 10.6. The van der Waals surface area contributed by atoms with Crippen LogP contribution in [0.2, 0.25) is 0 Å². The van der Waals surface area contributed by atoms with Crippen molar-refractivity contribution >= 4 is 12.4 Å². The first kappa shape index (κ1) is 8.77. The van der Waals surface area contributed by atoms with Crippen LogP contribution in [0.4, 0.5) is 0 Å². The van der Waals surface area contributed by atoms with Gasteiger partial charge in [0.05, 0.1) is 5.92 Å². The Morgan fingerprint density at radius 2 is 2.33 bits per heavy atom. The molecule has 0 aromatic carbocycles. The van der Waals surface area contributed by atoms with E-state index >= 15 is 0 Å². The van der Waals surface area contributed by atoms with E-state index in [1.807, 2.05) is 0 Å². The standard InChI is InChI=1S/C8H11NO3/c1-5-2-6(8(11)12)7(3-5)9-4-10/h4,6-7H,1-3H2,(H,9,10)(H,11,12)/t6-,7+/m1/s1. The van der Waals surface area contributed by atoms with Gasteiger partial charge in [-0.2, -0.15) is 0 Å². The maximum Gasteiger partial charge on any atom is 0.308 e. The summed E-state index contributed by atoms with van der Waals surface area (Å²) in [5.41, 5.74) is 0.891. The van der Waals surface area contributed by atoms with Gasteiger partial charge < -0.3 is 10.4 Å². The van der Waals surface area contributed by atoms with Crippen LogP contribution >= 0.6 is 0 Å². The highest BCUT2D eigenvalue weighted by atomic mass is 16.4. The summed E-state index contributed by atoms with van der Waals surface area (Å²) in [5, 5.41) is 11.2. The molecule has 0 unspecified atom stereocenters. The molecule has 66 valence electrons. The molecule has 1 aliphatic carbocycles. The molecule has 12 heavy (non-hydrogen) atoms. The second-order valence-electron chi connectivity index (χ2n) is 2.99. The van der Waals surface area contributed by atoms with E-state index < -0.39 is 11.9 Å². The zero-order chi connectivity index (χ0) is 9.14. The quantitative estimate of drug-likeness (QED) is 0.467. The number of nitrogens with one attached hydrogen (secondary N) is 1. The van der Waals surface area contributed by atoms with Crippen LogP contribution in [0.15, 0.2) is 12.2 Å². The highest BCUT2D eigenvalue weighted by Gasteiger charge is 2.34. The Bertz CT molecular complexity index is 224. The summed E-state index contributed by atoms with van der Waals surface area (Å²) in [5.74, 6) is -1.37. The van der Waals surface area contributed by atoms with Crippen LogP contribution in [0.25, 0.3) is 0 Å². The van der Waals surface area contributed by atoms with Crippen LogP contribution in [0, 0.1) is 5.92 Å². The predicted molar refractivity (Wildman–Crippen MR) is 42.5 cm³/mol. The van der Waals surface area contributed by atoms with Crippen molar-refractivity contribution in [2.45, 2.75) is 18.9 Å². The zero-order valence-electron chi connectivity index (χ0n) is 6.62. The van der Waals surface area contributed by atoms with Crippen molar-refractivity contribution in [3.8, 4) is 0 Å². The third kappa shape index (κ3) is 1.64. The number of carbonyl (C=O) groups is 2. The maximum absolute atomic E-state index is 10.6. The summed E-state index contributed by atoms with van der Waals surface area (Å²) in [4.78, 5) is 20.7. The fourth-order valence-corrected chi connectivity index (χ4v) is 1.51. The van der Waals surface area contributed by atoms with Gasteiger partial charge in [0.15, 0.2) is 0 Å². The van der Waals surface area contributed by atoms with Crippen molar-refractivity contribution in [1.29, 1.82) is 0 Å². The van der Waals surface area contributed by atoms with E-state index in [1.54, 1.807) is 0 Å². The first-order valence-electron chi connectivity index (χ1n) is 3.74. The molecule has 0 aliphatic heterocycles. The SMILES string of the molecule is C=C1C[C@H](NC=O)[C@H](C(=O)O)C1. The highest BCUT2D eigenvalue weighted by molar-refractivity contribution is 5.73. The molecule has 2 atom stereocenters. The van der Waals surface area contributed by atoms with Gasteiger partial charge in [-0.1, -0.05) is 12.2 Å². The molecule has 0 radical (unpaired) electrons. The summed E-state index contributed by atoms with van der Waals surface area (Å²) in [6.07, 6.45) is 1.59. The third-order valence-corrected chi connectivity index (χ3v) is 2.10. The van der Waals surface area contributed by atoms with Crippen LogP contribution < -0.4 is 5.32 Å². The van der Waals surface area contributed by atoms with E-state index in [0.717, 1.165) is 5.57 Å². The number of rotatable bonds is 3. The average Bonchev–Trinajstić information content (AvgIpc) is 2.32. The fraction of sp³-hybridized carbons (Fsp3) is 0.500. The first-order chi connectivity index (χ1) is 5.65. The molecule has 0 spiro atoms. The van der Waals surface area contributed by atoms with Crippen molar-refractivity contribution in [3.63, 3.8) is 0 Å². The van der Waals surface area contributed by atoms with Gasteiger partial charge in [-0.3, -0.25) is 9.59 Å². The number of aliphatic carboxylic acids is 1. The van der Waals surface area contributed by atoms with Gasteiger partial charge in [0.2, 0.25) is 6.41 Å². The van der Waals surface area contributed by atoms with Crippen molar-refractivity contribution < 1.29 is 14.7 Å². The van der Waals surface area contributed by atoms with Crippen LogP contribution in [-0.2, 0) is 9.59 Å². The highest BCUT2D eigenvalue weighted by Crippen LogP contribution is 2.29. The minimum absolute atomic E-state index is 0.271. The zero-order valence-corrected chi connectivity index (χ0v) is 6.62. The van der Waals surface area contributed by atoms with Crippen molar-refractivity contribution in [1.82, 2.24) is 5.32 Å². The lowest BCUT2D eigenvalue weighted by atomic mass is 10.0. The Kier molecular flexibility index (Phi) is 2.47. The monoisotopic (exact) mass is 169 g/mol. The lowest BCUT2D eigenvalue weighted by Gasteiger charge is -2.12. The summed E-state index contributed by atoms with van der Waals surface area (Å²) < 4.78 is 0. The van der Waals surface area contributed by atoms with E-state index in [1.165, 1.54) is 0 Å². The number of amides is 1. The van der Waals surface area contributed by atoms with Gasteiger partial charge in [-0.05, 0) is 12.8 Å². The molecule has 2 N–H and O–H groups in total. The molecular formula is C8H11NO3. The van der Waals surface area contributed by atoms with Crippen LogP contribution in [0.1, 0.15) is 12.8 Å². The van der Waals surface area contributed by atoms with E-state index in [-0.39, 0.29) is 6.04 Å². The largest absolute Gasteiger partial charge is 0.481 e. The third-order valence-electron chi connectivity index (χ3n) is 2.10. The lowest BCUT2D eigenvalue weighted by Crippen LogP contribution is -2.35. The molecule has 1 amide bonds. The van der Waals surface area contributed by atoms with E-state index in [0.29, 0.717) is 19.3 Å². The second-order valence-corrected chi connectivity index (χ2v) is 2.99. The number of carboxylic acid groups (broad SMARTS) is 1. The molecule has 0 saturated heterocycles. The predicted octanol–water partition coefficient (Wildman–Crippen LogP) is 0.152. The summed E-state index contributed by atoms with van der Waals surface area (Å²) in [6.45, 7) is 3.70. The Balaban J connectivity index is 2.64. The summed E-state index contributed by atoms with van der Waals surface area (Å²) >= 11 is 0. The molecule has 4 nitrogen and oxygen atoms in total. The molecule has 0 aromatic heterocycles. The molecule has 1 aliphatic rings. The van der Waals surface area contributed by atoms with Gasteiger partial charge >= 0.3 is 5.97 Å².